The minimum absolute atomic E-state index is 0.00115. The molecule has 1 saturated heterocycles. The lowest BCUT2D eigenvalue weighted by Crippen LogP contribution is -2.36. The number of unbranched alkanes of at least 4 members (excludes halogenated alkanes) is 18. The lowest BCUT2D eigenvalue weighted by atomic mass is 9.92. The molecule has 0 atom stereocenters. The summed E-state index contributed by atoms with van der Waals surface area (Å²) in [6, 6.07) is 0. The topological polar surface area (TPSA) is 82.1 Å². The van der Waals surface area contributed by atoms with Crippen LogP contribution in [0, 0.1) is 11.8 Å². The van der Waals surface area contributed by atoms with Gasteiger partial charge in [0.2, 0.25) is 0 Å². The first-order valence-electron chi connectivity index (χ1n) is 25.1. The quantitative estimate of drug-likeness (QED) is 0.0346. The monoisotopic (exact) mass is 806 g/mol. The van der Waals surface area contributed by atoms with Crippen molar-refractivity contribution in [2.24, 2.45) is 11.8 Å². The molecule has 1 rings (SSSR count). The van der Waals surface area contributed by atoms with Gasteiger partial charge in [0.15, 0.2) is 0 Å². The van der Waals surface area contributed by atoms with E-state index in [0.29, 0.717) is 44.4 Å². The number of likely N-dealkylation sites (tertiary alicyclic amines) is 1. The van der Waals surface area contributed by atoms with E-state index in [9.17, 15) is 14.4 Å². The standard InChI is InChI=1S/C50H95NO6/c1-5-9-22-32-45(33-23-10-6-2)42-48(52)55-40-30-19-15-13-17-26-36-47(57-50(54)44-51-38-28-21-29-39-51)37-27-18-14-16-20-31-41-56-49(53)43-46(34-24-11-7-3)35-25-12-8-4/h45-47H,5-44H2,1-4H3. The Balaban J connectivity index is 2.28. The largest absolute Gasteiger partial charge is 0.466 e. The Hall–Kier alpha value is -1.63. The van der Waals surface area contributed by atoms with Gasteiger partial charge in [-0.1, -0.05) is 163 Å². The van der Waals surface area contributed by atoms with Gasteiger partial charge in [0.25, 0.3) is 0 Å². The maximum absolute atomic E-state index is 12.9. The highest BCUT2D eigenvalue weighted by molar-refractivity contribution is 5.72. The Morgan fingerprint density at radius 2 is 0.772 bits per heavy atom. The van der Waals surface area contributed by atoms with Crippen LogP contribution in [0.25, 0.3) is 0 Å². The Morgan fingerprint density at radius 1 is 0.421 bits per heavy atom. The fraction of sp³-hybridized carbons (Fsp3) is 0.940. The second-order valence-corrected chi connectivity index (χ2v) is 17.8. The van der Waals surface area contributed by atoms with E-state index < -0.39 is 0 Å². The smallest absolute Gasteiger partial charge is 0.320 e. The fourth-order valence-corrected chi connectivity index (χ4v) is 8.54. The molecule has 0 unspecified atom stereocenters. The van der Waals surface area contributed by atoms with Crippen LogP contribution in [0.3, 0.4) is 0 Å². The Morgan fingerprint density at radius 3 is 1.16 bits per heavy atom. The van der Waals surface area contributed by atoms with Gasteiger partial charge in [-0.05, 0) is 102 Å². The summed E-state index contributed by atoms with van der Waals surface area (Å²) in [6.07, 6.45) is 39.4. The molecule has 1 heterocycles. The van der Waals surface area contributed by atoms with Crippen LogP contribution >= 0.6 is 0 Å². The third kappa shape index (κ3) is 33.9. The van der Waals surface area contributed by atoms with Crippen LogP contribution in [0.5, 0.6) is 0 Å². The minimum Gasteiger partial charge on any atom is -0.466 e. The molecule has 0 aromatic heterocycles. The lowest BCUT2D eigenvalue weighted by Gasteiger charge is -2.26. The van der Waals surface area contributed by atoms with Crippen molar-refractivity contribution < 1.29 is 28.6 Å². The zero-order valence-corrected chi connectivity index (χ0v) is 38.4. The number of carbonyl (C=O) groups excluding carboxylic acids is 3. The molecule has 336 valence electrons. The molecule has 1 fully saturated rings. The van der Waals surface area contributed by atoms with E-state index in [1.165, 1.54) is 109 Å². The van der Waals surface area contributed by atoms with Gasteiger partial charge in [0, 0.05) is 12.8 Å². The molecule has 0 aromatic carbocycles. The third-order valence-electron chi connectivity index (χ3n) is 12.2. The summed E-state index contributed by atoms with van der Waals surface area (Å²) in [5, 5.41) is 0. The number of esters is 3. The van der Waals surface area contributed by atoms with Crippen molar-refractivity contribution in [3.63, 3.8) is 0 Å². The molecule has 57 heavy (non-hydrogen) atoms. The van der Waals surface area contributed by atoms with Crippen molar-refractivity contribution >= 4 is 17.9 Å². The zero-order valence-electron chi connectivity index (χ0n) is 38.4. The number of piperidine rings is 1. The molecule has 0 aromatic rings. The molecule has 1 aliphatic heterocycles. The third-order valence-corrected chi connectivity index (χ3v) is 12.2. The summed E-state index contributed by atoms with van der Waals surface area (Å²) < 4.78 is 17.4. The average molecular weight is 806 g/mol. The summed E-state index contributed by atoms with van der Waals surface area (Å²) in [4.78, 5) is 40.2. The number of ether oxygens (including phenoxy) is 3. The predicted molar refractivity (Wildman–Crippen MR) is 240 cm³/mol. The van der Waals surface area contributed by atoms with E-state index in [2.05, 4.69) is 32.6 Å². The molecule has 0 radical (unpaired) electrons. The van der Waals surface area contributed by atoms with E-state index in [0.717, 1.165) is 116 Å². The van der Waals surface area contributed by atoms with Crippen molar-refractivity contribution in [3.05, 3.63) is 0 Å². The molecule has 0 N–H and O–H groups in total. The summed E-state index contributed by atoms with van der Waals surface area (Å²) in [7, 11) is 0. The number of rotatable bonds is 41. The van der Waals surface area contributed by atoms with Crippen LogP contribution in [0.4, 0.5) is 0 Å². The van der Waals surface area contributed by atoms with Crippen LogP contribution in [0.15, 0.2) is 0 Å². The summed E-state index contributed by atoms with van der Waals surface area (Å²) in [5.41, 5.74) is 0. The number of hydrogen-bond acceptors (Lipinski definition) is 7. The zero-order chi connectivity index (χ0) is 41.4. The molecule has 0 saturated carbocycles. The molecule has 0 spiro atoms. The number of hydrogen-bond donors (Lipinski definition) is 0. The SMILES string of the molecule is CCCCCC(CCCCC)CC(=O)OCCCCCCCCC(CCCCCCCCOC(=O)CC(CCCCC)CCCCC)OC(=O)CN1CCCCC1. The molecule has 0 bridgehead atoms. The first-order chi connectivity index (χ1) is 27.9. The summed E-state index contributed by atoms with van der Waals surface area (Å²) in [6.45, 7) is 12.5. The van der Waals surface area contributed by atoms with Gasteiger partial charge in [-0.25, -0.2) is 0 Å². The first-order valence-corrected chi connectivity index (χ1v) is 25.1. The van der Waals surface area contributed by atoms with Crippen molar-refractivity contribution in [3.8, 4) is 0 Å². The van der Waals surface area contributed by atoms with Gasteiger partial charge >= 0.3 is 17.9 Å². The molecule has 1 aliphatic rings. The van der Waals surface area contributed by atoms with Crippen LogP contribution in [-0.2, 0) is 28.6 Å². The van der Waals surface area contributed by atoms with Crippen LogP contribution < -0.4 is 0 Å². The van der Waals surface area contributed by atoms with Crippen LogP contribution in [0.1, 0.15) is 252 Å². The number of carbonyl (C=O) groups is 3. The Labute approximate surface area is 353 Å². The fourth-order valence-electron chi connectivity index (χ4n) is 8.54. The van der Waals surface area contributed by atoms with Crippen molar-refractivity contribution in [2.75, 3.05) is 32.8 Å². The van der Waals surface area contributed by atoms with E-state index in [4.69, 9.17) is 14.2 Å². The van der Waals surface area contributed by atoms with Gasteiger partial charge in [-0.3, -0.25) is 19.3 Å². The maximum atomic E-state index is 12.9. The molecular weight excluding hydrogens is 711 g/mol. The highest BCUT2D eigenvalue weighted by Gasteiger charge is 2.19. The molecule has 7 heteroatoms. The summed E-state index contributed by atoms with van der Waals surface area (Å²) >= 11 is 0. The van der Waals surface area contributed by atoms with E-state index in [1.807, 2.05) is 0 Å². The predicted octanol–water partition coefficient (Wildman–Crippen LogP) is 14.3. The minimum atomic E-state index is -0.0486. The Kier molecular flexibility index (Phi) is 37.3. The second-order valence-electron chi connectivity index (χ2n) is 17.8. The van der Waals surface area contributed by atoms with Crippen molar-refractivity contribution in [1.82, 2.24) is 4.90 Å². The van der Waals surface area contributed by atoms with E-state index in [-0.39, 0.29) is 24.0 Å². The first kappa shape index (κ1) is 53.4. The molecule has 7 nitrogen and oxygen atoms in total. The van der Waals surface area contributed by atoms with Gasteiger partial charge in [-0.15, -0.1) is 0 Å². The second kappa shape index (κ2) is 39.8. The van der Waals surface area contributed by atoms with E-state index >= 15 is 0 Å². The van der Waals surface area contributed by atoms with Gasteiger partial charge < -0.3 is 14.2 Å². The molecular formula is C50H95NO6. The molecule has 0 amide bonds. The average Bonchev–Trinajstić information content (AvgIpc) is 3.19. The highest BCUT2D eigenvalue weighted by Crippen LogP contribution is 2.24. The normalized spacial score (nSPS) is 13.5. The van der Waals surface area contributed by atoms with Gasteiger partial charge in [0.1, 0.15) is 6.10 Å². The van der Waals surface area contributed by atoms with E-state index in [1.54, 1.807) is 0 Å². The van der Waals surface area contributed by atoms with Crippen molar-refractivity contribution in [2.45, 2.75) is 259 Å². The molecule has 0 aliphatic carbocycles. The highest BCUT2D eigenvalue weighted by atomic mass is 16.5. The van der Waals surface area contributed by atoms with Gasteiger partial charge in [-0.2, -0.15) is 0 Å². The van der Waals surface area contributed by atoms with Crippen molar-refractivity contribution in [1.29, 1.82) is 0 Å². The van der Waals surface area contributed by atoms with Crippen LogP contribution in [-0.4, -0.2) is 61.8 Å². The number of nitrogens with zero attached hydrogens (tertiary/aromatic N) is 1. The van der Waals surface area contributed by atoms with Gasteiger partial charge in [0.05, 0.1) is 19.8 Å². The Bertz CT molecular complexity index is 844. The lowest BCUT2D eigenvalue weighted by molar-refractivity contribution is -0.151. The van der Waals surface area contributed by atoms with Crippen LogP contribution in [0.2, 0.25) is 0 Å². The summed E-state index contributed by atoms with van der Waals surface area (Å²) in [5.74, 6) is 0.927. The maximum Gasteiger partial charge on any atom is 0.320 e.